The van der Waals surface area contributed by atoms with Crippen molar-refractivity contribution in [2.75, 3.05) is 0 Å². The minimum absolute atomic E-state index is 0.128. The lowest BCUT2D eigenvalue weighted by molar-refractivity contribution is -0.144. The molecule has 5 nitrogen and oxygen atoms in total. The Hall–Kier alpha value is -1.88. The van der Waals surface area contributed by atoms with Gasteiger partial charge in [0.2, 0.25) is 5.91 Å². The van der Waals surface area contributed by atoms with Crippen molar-refractivity contribution < 1.29 is 19.8 Å². The van der Waals surface area contributed by atoms with Gasteiger partial charge in [-0.3, -0.25) is 9.59 Å². The summed E-state index contributed by atoms with van der Waals surface area (Å²) in [6, 6.07) is 7.67. The number of amides is 1. The predicted molar refractivity (Wildman–Crippen MR) is 63.9 cm³/mol. The van der Waals surface area contributed by atoms with E-state index in [1.807, 2.05) is 24.3 Å². The summed E-state index contributed by atoms with van der Waals surface area (Å²) < 4.78 is 0. The van der Waals surface area contributed by atoms with E-state index in [2.05, 4.69) is 5.32 Å². The highest BCUT2D eigenvalue weighted by Gasteiger charge is 2.26. The van der Waals surface area contributed by atoms with Crippen molar-refractivity contribution in [2.45, 2.75) is 31.4 Å². The molecule has 0 saturated carbocycles. The minimum Gasteiger partial charge on any atom is -0.481 e. The molecule has 1 aliphatic rings. The Bertz CT molecular complexity index is 472. The number of carboxylic acids is 1. The SMILES string of the molecule is O=C(O)C[C@H](O)C(=O)NC1CCc2ccccc21. The maximum atomic E-state index is 11.6. The highest BCUT2D eigenvalue weighted by molar-refractivity contribution is 5.85. The molecular formula is C13H15NO4. The van der Waals surface area contributed by atoms with E-state index >= 15 is 0 Å². The van der Waals surface area contributed by atoms with Crippen LogP contribution in [0.2, 0.25) is 0 Å². The van der Waals surface area contributed by atoms with Crippen LogP contribution in [0, 0.1) is 0 Å². The van der Waals surface area contributed by atoms with Crippen molar-refractivity contribution in [1.29, 1.82) is 0 Å². The fourth-order valence-electron chi connectivity index (χ4n) is 2.23. The number of carbonyl (C=O) groups excluding carboxylic acids is 1. The van der Waals surface area contributed by atoms with E-state index in [-0.39, 0.29) is 6.04 Å². The molecule has 1 aromatic carbocycles. The van der Waals surface area contributed by atoms with Gasteiger partial charge in [0, 0.05) is 0 Å². The molecule has 1 unspecified atom stereocenters. The summed E-state index contributed by atoms with van der Waals surface area (Å²) in [5.74, 6) is -1.82. The molecule has 5 heteroatoms. The number of carbonyl (C=O) groups is 2. The molecule has 2 rings (SSSR count). The Morgan fingerprint density at radius 1 is 1.39 bits per heavy atom. The lowest BCUT2D eigenvalue weighted by Gasteiger charge is -2.16. The van der Waals surface area contributed by atoms with Gasteiger partial charge in [0.05, 0.1) is 12.5 Å². The fourth-order valence-corrected chi connectivity index (χ4v) is 2.23. The summed E-state index contributed by atoms with van der Waals surface area (Å²) in [6.07, 6.45) is -0.392. The average Bonchev–Trinajstić information content (AvgIpc) is 2.72. The fraction of sp³-hybridized carbons (Fsp3) is 0.385. The van der Waals surface area contributed by atoms with Crippen LogP contribution in [0.5, 0.6) is 0 Å². The van der Waals surface area contributed by atoms with E-state index in [1.54, 1.807) is 0 Å². The highest BCUT2D eigenvalue weighted by Crippen LogP contribution is 2.30. The van der Waals surface area contributed by atoms with Crippen LogP contribution >= 0.6 is 0 Å². The molecule has 0 radical (unpaired) electrons. The number of nitrogens with one attached hydrogen (secondary N) is 1. The topological polar surface area (TPSA) is 86.6 Å². The first-order valence-electron chi connectivity index (χ1n) is 5.86. The third-order valence-electron chi connectivity index (χ3n) is 3.12. The Kier molecular flexibility index (Phi) is 3.62. The minimum atomic E-state index is -1.49. The smallest absolute Gasteiger partial charge is 0.306 e. The maximum absolute atomic E-state index is 11.6. The van der Waals surface area contributed by atoms with Gasteiger partial charge in [-0.15, -0.1) is 0 Å². The summed E-state index contributed by atoms with van der Waals surface area (Å²) in [5.41, 5.74) is 2.24. The van der Waals surface area contributed by atoms with Gasteiger partial charge < -0.3 is 15.5 Å². The summed E-state index contributed by atoms with van der Waals surface area (Å²) in [7, 11) is 0. The largest absolute Gasteiger partial charge is 0.481 e. The number of aliphatic hydroxyl groups is 1. The molecule has 0 bridgehead atoms. The molecule has 0 aromatic heterocycles. The number of aliphatic carboxylic acids is 1. The molecule has 0 saturated heterocycles. The number of hydrogen-bond donors (Lipinski definition) is 3. The maximum Gasteiger partial charge on any atom is 0.306 e. The Morgan fingerprint density at radius 3 is 2.83 bits per heavy atom. The quantitative estimate of drug-likeness (QED) is 0.730. The Morgan fingerprint density at radius 2 is 2.11 bits per heavy atom. The monoisotopic (exact) mass is 249 g/mol. The van der Waals surface area contributed by atoms with Crippen LogP contribution in [-0.4, -0.2) is 28.2 Å². The Balaban J connectivity index is 1.99. The lowest BCUT2D eigenvalue weighted by Crippen LogP contribution is -2.37. The van der Waals surface area contributed by atoms with Gasteiger partial charge in [0.25, 0.3) is 0 Å². The first kappa shape index (κ1) is 12.6. The zero-order valence-corrected chi connectivity index (χ0v) is 9.80. The summed E-state index contributed by atoms with van der Waals surface area (Å²) >= 11 is 0. The van der Waals surface area contributed by atoms with Gasteiger partial charge in [0.15, 0.2) is 0 Å². The number of aliphatic hydroxyl groups excluding tert-OH is 1. The van der Waals surface area contributed by atoms with Crippen LogP contribution in [0.4, 0.5) is 0 Å². The number of benzene rings is 1. The third-order valence-corrected chi connectivity index (χ3v) is 3.12. The average molecular weight is 249 g/mol. The van der Waals surface area contributed by atoms with Crippen molar-refractivity contribution >= 4 is 11.9 Å². The normalized spacial score (nSPS) is 19.1. The standard InChI is InChI=1S/C13H15NO4/c15-11(7-12(16)17)13(18)14-10-6-5-8-3-1-2-4-9(8)10/h1-4,10-11,15H,5-7H2,(H,14,18)(H,16,17)/t10?,11-/m0/s1. The van der Waals surface area contributed by atoms with Crippen LogP contribution in [0.15, 0.2) is 24.3 Å². The molecule has 0 spiro atoms. The number of hydrogen-bond acceptors (Lipinski definition) is 3. The van der Waals surface area contributed by atoms with E-state index in [1.165, 1.54) is 5.56 Å². The van der Waals surface area contributed by atoms with E-state index in [0.29, 0.717) is 0 Å². The van der Waals surface area contributed by atoms with Crippen LogP contribution in [0.1, 0.15) is 30.0 Å². The number of fused-ring (bicyclic) bond motifs is 1. The summed E-state index contributed by atoms with van der Waals surface area (Å²) in [4.78, 5) is 22.0. The van der Waals surface area contributed by atoms with Crippen molar-refractivity contribution in [3.05, 3.63) is 35.4 Å². The van der Waals surface area contributed by atoms with Crippen LogP contribution in [0.25, 0.3) is 0 Å². The van der Waals surface area contributed by atoms with E-state index in [9.17, 15) is 14.7 Å². The number of carboxylic acid groups (broad SMARTS) is 1. The van der Waals surface area contributed by atoms with E-state index < -0.39 is 24.4 Å². The van der Waals surface area contributed by atoms with Crippen LogP contribution in [-0.2, 0) is 16.0 Å². The second-order valence-corrected chi connectivity index (χ2v) is 4.41. The lowest BCUT2D eigenvalue weighted by atomic mass is 10.1. The van der Waals surface area contributed by atoms with Gasteiger partial charge in [0.1, 0.15) is 6.10 Å². The van der Waals surface area contributed by atoms with Gasteiger partial charge in [-0.2, -0.15) is 0 Å². The van der Waals surface area contributed by atoms with Gasteiger partial charge in [-0.25, -0.2) is 0 Å². The van der Waals surface area contributed by atoms with Gasteiger partial charge in [-0.05, 0) is 24.0 Å². The Labute approximate surface area is 104 Å². The van der Waals surface area contributed by atoms with Crippen molar-refractivity contribution in [1.82, 2.24) is 5.32 Å². The van der Waals surface area contributed by atoms with Crippen molar-refractivity contribution in [2.24, 2.45) is 0 Å². The molecule has 0 fully saturated rings. The predicted octanol–water partition coefficient (Wildman–Crippen LogP) is 0.626. The molecule has 1 aromatic rings. The molecule has 1 amide bonds. The first-order chi connectivity index (χ1) is 8.58. The van der Waals surface area contributed by atoms with Crippen LogP contribution < -0.4 is 5.32 Å². The van der Waals surface area contributed by atoms with E-state index in [0.717, 1.165) is 18.4 Å². The van der Waals surface area contributed by atoms with E-state index in [4.69, 9.17) is 5.11 Å². The molecule has 1 aliphatic carbocycles. The highest BCUT2D eigenvalue weighted by atomic mass is 16.4. The summed E-state index contributed by atoms with van der Waals surface area (Å²) in [5, 5.41) is 20.6. The second kappa shape index (κ2) is 5.18. The zero-order valence-electron chi connectivity index (χ0n) is 9.80. The molecular weight excluding hydrogens is 234 g/mol. The summed E-state index contributed by atoms with van der Waals surface area (Å²) in [6.45, 7) is 0. The molecule has 0 aliphatic heterocycles. The van der Waals surface area contributed by atoms with Gasteiger partial charge in [-0.1, -0.05) is 24.3 Å². The first-order valence-corrected chi connectivity index (χ1v) is 5.86. The number of aryl methyl sites for hydroxylation is 1. The van der Waals surface area contributed by atoms with Crippen molar-refractivity contribution in [3.8, 4) is 0 Å². The van der Waals surface area contributed by atoms with Crippen molar-refractivity contribution in [3.63, 3.8) is 0 Å². The third kappa shape index (κ3) is 2.68. The zero-order chi connectivity index (χ0) is 13.1. The molecule has 0 heterocycles. The molecule has 96 valence electrons. The molecule has 18 heavy (non-hydrogen) atoms. The number of rotatable bonds is 4. The molecule has 2 atom stereocenters. The second-order valence-electron chi connectivity index (χ2n) is 4.41. The van der Waals surface area contributed by atoms with Crippen LogP contribution in [0.3, 0.4) is 0 Å². The molecule has 3 N–H and O–H groups in total. The van der Waals surface area contributed by atoms with Gasteiger partial charge >= 0.3 is 5.97 Å².